The second kappa shape index (κ2) is 6.52. The molecule has 0 fully saturated rings. The summed E-state index contributed by atoms with van der Waals surface area (Å²) < 4.78 is 19.8. The zero-order valence-corrected chi connectivity index (χ0v) is 14.3. The highest BCUT2D eigenvalue weighted by Crippen LogP contribution is 2.41. The third-order valence-corrected chi connectivity index (χ3v) is 4.73. The van der Waals surface area contributed by atoms with Crippen molar-refractivity contribution in [2.24, 2.45) is 0 Å². The molecule has 0 spiro atoms. The fraction of sp³-hybridized carbons (Fsp3) is 0.316. The van der Waals surface area contributed by atoms with Gasteiger partial charge < -0.3 is 4.74 Å². The van der Waals surface area contributed by atoms with Crippen molar-refractivity contribution in [1.29, 1.82) is 0 Å². The summed E-state index contributed by atoms with van der Waals surface area (Å²) >= 11 is 0. The number of hydrogen-bond acceptors (Lipinski definition) is 6. The number of imide groups is 1. The molecule has 0 unspecified atom stereocenters. The number of amides is 2. The van der Waals surface area contributed by atoms with E-state index in [2.05, 4.69) is 5.92 Å². The molecular weight excluding hydrogens is 355 g/mol. The van der Waals surface area contributed by atoms with Crippen molar-refractivity contribution in [3.05, 3.63) is 29.1 Å². The Labute approximate surface area is 154 Å². The Balaban J connectivity index is 1.75. The van der Waals surface area contributed by atoms with Gasteiger partial charge in [-0.15, -0.1) is 6.42 Å². The number of fused-ring (bicyclic) bond motifs is 1. The van der Waals surface area contributed by atoms with Crippen LogP contribution in [0.1, 0.15) is 25.7 Å². The quantitative estimate of drug-likeness (QED) is 0.350. The third-order valence-electron chi connectivity index (χ3n) is 4.73. The summed E-state index contributed by atoms with van der Waals surface area (Å²) in [6, 6.07) is 2.23. The molecule has 0 radical (unpaired) electrons. The second-order valence-electron chi connectivity index (χ2n) is 6.37. The number of benzene rings is 1. The molecule has 0 atom stereocenters. The van der Waals surface area contributed by atoms with Crippen molar-refractivity contribution in [2.45, 2.75) is 25.7 Å². The van der Waals surface area contributed by atoms with Gasteiger partial charge in [-0.2, -0.15) is 0 Å². The van der Waals surface area contributed by atoms with Crippen molar-refractivity contribution in [2.75, 3.05) is 23.1 Å². The van der Waals surface area contributed by atoms with E-state index in [0.29, 0.717) is 24.0 Å². The van der Waals surface area contributed by atoms with Crippen LogP contribution in [0.2, 0.25) is 0 Å². The maximum absolute atomic E-state index is 14.7. The summed E-state index contributed by atoms with van der Waals surface area (Å²) in [7, 11) is 0. The molecule has 0 saturated carbocycles. The Morgan fingerprint density at radius 3 is 2.41 bits per heavy atom. The number of ether oxygens (including phenoxy) is 1. The highest BCUT2D eigenvalue weighted by atomic mass is 19.1. The van der Waals surface area contributed by atoms with Gasteiger partial charge in [0.15, 0.2) is 11.6 Å². The van der Waals surface area contributed by atoms with Gasteiger partial charge in [0.25, 0.3) is 11.8 Å². The molecule has 1 aliphatic carbocycles. The highest BCUT2D eigenvalue weighted by Gasteiger charge is 2.41. The minimum Gasteiger partial charge on any atom is -0.423 e. The van der Waals surface area contributed by atoms with E-state index in [9.17, 15) is 18.8 Å². The lowest BCUT2D eigenvalue weighted by molar-refractivity contribution is -0.135. The van der Waals surface area contributed by atoms with Crippen LogP contribution in [0.3, 0.4) is 0 Å². The molecule has 3 aliphatic rings. The Morgan fingerprint density at radius 1 is 1.11 bits per heavy atom. The molecule has 0 saturated heterocycles. The Morgan fingerprint density at radius 2 is 1.78 bits per heavy atom. The summed E-state index contributed by atoms with van der Waals surface area (Å²) in [4.78, 5) is 43.2. The lowest BCUT2D eigenvalue weighted by atomic mass is 9.93. The van der Waals surface area contributed by atoms with E-state index in [0.717, 1.165) is 23.8 Å². The van der Waals surface area contributed by atoms with E-state index in [-0.39, 0.29) is 30.3 Å². The van der Waals surface area contributed by atoms with E-state index >= 15 is 0 Å². The van der Waals surface area contributed by atoms with Gasteiger partial charge in [-0.05, 0) is 31.7 Å². The number of rotatable bonds is 3. The smallest absolute Gasteiger partial charge is 0.333 e. The topological polar surface area (TPSA) is 76.2 Å². The molecule has 2 heterocycles. The average molecular weight is 370 g/mol. The fourth-order valence-corrected chi connectivity index (χ4v) is 3.53. The maximum atomic E-state index is 14.7. The minimum absolute atomic E-state index is 0.0682. The molecule has 1 aromatic rings. The number of carbonyl (C=O) groups excluding carboxylic acids is 3. The van der Waals surface area contributed by atoms with Crippen LogP contribution < -0.4 is 14.7 Å². The van der Waals surface area contributed by atoms with Crippen LogP contribution in [-0.4, -0.2) is 30.9 Å². The predicted octanol–water partition coefficient (Wildman–Crippen LogP) is 1.86. The average Bonchev–Trinajstić information content (AvgIpc) is 2.90. The van der Waals surface area contributed by atoms with Gasteiger partial charge in [-0.1, -0.05) is 5.92 Å². The molecule has 0 N–H and O–H groups in total. The van der Waals surface area contributed by atoms with Gasteiger partial charge in [0, 0.05) is 17.2 Å². The molecule has 0 aromatic heterocycles. The number of halogens is 1. The monoisotopic (exact) mass is 370 g/mol. The summed E-state index contributed by atoms with van der Waals surface area (Å²) in [6.07, 6.45) is 7.84. The molecule has 1 aromatic carbocycles. The van der Waals surface area contributed by atoms with Crippen LogP contribution in [0.15, 0.2) is 23.3 Å². The van der Waals surface area contributed by atoms with Crippen LogP contribution in [-0.2, 0) is 19.2 Å². The van der Waals surface area contributed by atoms with Gasteiger partial charge in [-0.25, -0.2) is 19.1 Å². The number of anilines is 2. The Hall–Kier alpha value is -3.18. The first-order valence-corrected chi connectivity index (χ1v) is 8.50. The fourth-order valence-electron chi connectivity index (χ4n) is 3.53. The van der Waals surface area contributed by atoms with E-state index in [1.54, 1.807) is 0 Å². The van der Waals surface area contributed by atoms with Crippen molar-refractivity contribution >= 4 is 29.2 Å². The molecule has 8 heteroatoms. The van der Waals surface area contributed by atoms with Gasteiger partial charge in [-0.3, -0.25) is 14.4 Å². The molecule has 2 amide bonds. The molecular formula is C19H15FN2O5. The lowest BCUT2D eigenvalue weighted by Crippen LogP contribution is -2.38. The zero-order valence-electron chi connectivity index (χ0n) is 14.3. The molecule has 4 rings (SSSR count). The van der Waals surface area contributed by atoms with Crippen molar-refractivity contribution < 1.29 is 28.3 Å². The Kier molecular flexibility index (Phi) is 4.16. The molecule has 27 heavy (non-hydrogen) atoms. The van der Waals surface area contributed by atoms with E-state index in [1.807, 2.05) is 0 Å². The third kappa shape index (κ3) is 2.76. The lowest BCUT2D eigenvalue weighted by Gasteiger charge is -2.29. The normalized spacial score (nSPS) is 19.0. The zero-order chi connectivity index (χ0) is 19.1. The SMILES string of the molecule is C#CCON1CC(=O)Oc2cc(F)c(N3C(=O)C4=C(CCCC4)C3=O)cc21. The number of terminal acetylenes is 1. The summed E-state index contributed by atoms with van der Waals surface area (Å²) in [5, 5.41) is 1.17. The van der Waals surface area contributed by atoms with E-state index < -0.39 is 23.6 Å². The Bertz CT molecular complexity index is 918. The number of nitrogens with zero attached hydrogens (tertiary/aromatic N) is 2. The number of carbonyl (C=O) groups is 3. The van der Waals surface area contributed by atoms with Crippen molar-refractivity contribution in [3.63, 3.8) is 0 Å². The number of hydrogen-bond donors (Lipinski definition) is 0. The van der Waals surface area contributed by atoms with E-state index in [1.165, 1.54) is 11.1 Å². The number of esters is 1. The van der Waals surface area contributed by atoms with Gasteiger partial charge >= 0.3 is 5.97 Å². The predicted molar refractivity (Wildman–Crippen MR) is 92.2 cm³/mol. The molecule has 2 aliphatic heterocycles. The summed E-state index contributed by atoms with van der Waals surface area (Å²) in [6.45, 7) is -0.368. The van der Waals surface area contributed by atoms with Gasteiger partial charge in [0.1, 0.15) is 18.8 Å². The summed E-state index contributed by atoms with van der Waals surface area (Å²) in [5.74, 6) is -0.286. The molecule has 138 valence electrons. The van der Waals surface area contributed by atoms with Crippen molar-refractivity contribution in [3.8, 4) is 18.1 Å². The summed E-state index contributed by atoms with van der Waals surface area (Å²) in [5.41, 5.74) is 0.919. The number of hydroxylamine groups is 1. The first-order valence-electron chi connectivity index (χ1n) is 8.50. The van der Waals surface area contributed by atoms with Crippen LogP contribution in [0.4, 0.5) is 15.8 Å². The standard InChI is InChI=1S/C19H15FN2O5/c1-2-7-26-21-10-17(23)27-16-8-13(20)14(9-15(16)21)22-18(24)11-5-3-4-6-12(11)19(22)25/h1,8-9H,3-7,10H2. The largest absolute Gasteiger partial charge is 0.423 e. The van der Waals surface area contributed by atoms with Crippen LogP contribution >= 0.6 is 0 Å². The highest BCUT2D eigenvalue weighted by molar-refractivity contribution is 6.33. The van der Waals surface area contributed by atoms with Crippen LogP contribution in [0.25, 0.3) is 0 Å². The van der Waals surface area contributed by atoms with Crippen LogP contribution in [0.5, 0.6) is 5.75 Å². The van der Waals surface area contributed by atoms with Gasteiger partial charge in [0.05, 0.1) is 5.69 Å². The van der Waals surface area contributed by atoms with E-state index in [4.69, 9.17) is 16.0 Å². The first-order chi connectivity index (χ1) is 13.0. The second-order valence-corrected chi connectivity index (χ2v) is 6.37. The maximum Gasteiger partial charge on any atom is 0.333 e. The van der Waals surface area contributed by atoms with Gasteiger partial charge in [0.2, 0.25) is 0 Å². The molecule has 7 nitrogen and oxygen atoms in total. The van der Waals surface area contributed by atoms with Crippen molar-refractivity contribution in [1.82, 2.24) is 0 Å². The minimum atomic E-state index is -0.845. The first kappa shape index (κ1) is 17.2. The van der Waals surface area contributed by atoms with Crippen LogP contribution in [0, 0.1) is 18.2 Å². The molecule has 0 bridgehead atoms.